The van der Waals surface area contributed by atoms with E-state index in [4.69, 9.17) is 4.74 Å². The number of benzene rings is 2. The van der Waals surface area contributed by atoms with Gasteiger partial charge in [0.2, 0.25) is 0 Å². The Kier molecular flexibility index (Phi) is 4.45. The summed E-state index contributed by atoms with van der Waals surface area (Å²) >= 11 is 0. The van der Waals surface area contributed by atoms with Gasteiger partial charge in [0.1, 0.15) is 12.0 Å². The maximum Gasteiger partial charge on any atom is 0.198 e. The Hall–Kier alpha value is -2.23. The van der Waals surface area contributed by atoms with Gasteiger partial charge in [0, 0.05) is 5.56 Å². The number of halogens is 2. The Labute approximate surface area is 116 Å². The predicted octanol–water partition coefficient (Wildman–Crippen LogP) is 4.52. The molecular formula is C16H14F2O2. The van der Waals surface area contributed by atoms with Crippen LogP contribution in [0.1, 0.15) is 29.3 Å². The van der Waals surface area contributed by atoms with E-state index in [0.717, 1.165) is 30.5 Å². The highest BCUT2D eigenvalue weighted by molar-refractivity contribution is 5.75. The van der Waals surface area contributed by atoms with Gasteiger partial charge in [-0.3, -0.25) is 4.79 Å². The summed E-state index contributed by atoms with van der Waals surface area (Å²) in [5, 5.41) is 0. The molecule has 0 aliphatic rings. The van der Waals surface area contributed by atoms with Gasteiger partial charge in [0.15, 0.2) is 17.4 Å². The number of aldehydes is 1. The van der Waals surface area contributed by atoms with Crippen LogP contribution in [0.25, 0.3) is 0 Å². The fraction of sp³-hybridized carbons (Fsp3) is 0.188. The van der Waals surface area contributed by atoms with Crippen molar-refractivity contribution in [1.82, 2.24) is 0 Å². The zero-order valence-corrected chi connectivity index (χ0v) is 11.0. The Morgan fingerprint density at radius 2 is 1.70 bits per heavy atom. The highest BCUT2D eigenvalue weighted by atomic mass is 19.1. The molecule has 2 aromatic rings. The SMILES string of the molecule is CCCc1ccc(Oc2c(F)cc(C=O)cc2F)cc1. The number of rotatable bonds is 5. The van der Waals surface area contributed by atoms with E-state index >= 15 is 0 Å². The molecule has 0 N–H and O–H groups in total. The van der Waals surface area contributed by atoms with Crippen LogP contribution >= 0.6 is 0 Å². The first kappa shape index (κ1) is 14.2. The summed E-state index contributed by atoms with van der Waals surface area (Å²) in [5.41, 5.74) is 1.07. The molecule has 20 heavy (non-hydrogen) atoms. The van der Waals surface area contributed by atoms with Gasteiger partial charge in [-0.25, -0.2) is 8.78 Å². The van der Waals surface area contributed by atoms with Crippen molar-refractivity contribution in [3.05, 3.63) is 59.2 Å². The van der Waals surface area contributed by atoms with E-state index in [0.29, 0.717) is 12.0 Å². The van der Waals surface area contributed by atoms with Crippen molar-refractivity contribution in [2.24, 2.45) is 0 Å². The molecule has 2 nitrogen and oxygen atoms in total. The molecule has 0 bridgehead atoms. The normalized spacial score (nSPS) is 10.3. The van der Waals surface area contributed by atoms with E-state index in [1.54, 1.807) is 12.1 Å². The molecule has 0 aliphatic heterocycles. The average molecular weight is 276 g/mol. The summed E-state index contributed by atoms with van der Waals surface area (Å²) in [4.78, 5) is 10.5. The molecule has 0 saturated carbocycles. The Morgan fingerprint density at radius 1 is 1.10 bits per heavy atom. The van der Waals surface area contributed by atoms with Gasteiger partial charge in [-0.2, -0.15) is 0 Å². The minimum Gasteiger partial charge on any atom is -0.451 e. The molecule has 0 aliphatic carbocycles. The standard InChI is InChI=1S/C16H14F2O2/c1-2-3-11-4-6-13(7-5-11)20-16-14(17)8-12(10-19)9-15(16)18/h4-10H,2-3H2,1H3. The van der Waals surface area contributed by atoms with Crippen molar-refractivity contribution in [3.8, 4) is 11.5 Å². The first-order valence-corrected chi connectivity index (χ1v) is 6.35. The number of aryl methyl sites for hydroxylation is 1. The lowest BCUT2D eigenvalue weighted by Crippen LogP contribution is -1.95. The van der Waals surface area contributed by atoms with Crippen LogP contribution < -0.4 is 4.74 Å². The number of hydrogen-bond donors (Lipinski definition) is 0. The van der Waals surface area contributed by atoms with E-state index < -0.39 is 17.4 Å². The molecule has 104 valence electrons. The molecule has 2 aromatic carbocycles. The van der Waals surface area contributed by atoms with Gasteiger partial charge in [0.25, 0.3) is 0 Å². The minimum absolute atomic E-state index is 0.0642. The lowest BCUT2D eigenvalue weighted by molar-refractivity contribution is 0.112. The monoisotopic (exact) mass is 276 g/mol. The molecule has 0 fully saturated rings. The lowest BCUT2D eigenvalue weighted by atomic mass is 10.1. The van der Waals surface area contributed by atoms with Gasteiger partial charge in [0.05, 0.1) is 0 Å². The highest BCUT2D eigenvalue weighted by Gasteiger charge is 2.13. The quantitative estimate of drug-likeness (QED) is 0.750. The first-order valence-electron chi connectivity index (χ1n) is 6.35. The average Bonchev–Trinajstić information content (AvgIpc) is 2.44. The van der Waals surface area contributed by atoms with Gasteiger partial charge in [-0.1, -0.05) is 25.5 Å². The van der Waals surface area contributed by atoms with Crippen LogP contribution in [0.4, 0.5) is 8.78 Å². The molecule has 0 unspecified atom stereocenters. The maximum atomic E-state index is 13.7. The Balaban J connectivity index is 2.23. The van der Waals surface area contributed by atoms with Crippen molar-refractivity contribution in [2.45, 2.75) is 19.8 Å². The van der Waals surface area contributed by atoms with E-state index in [-0.39, 0.29) is 5.56 Å². The van der Waals surface area contributed by atoms with E-state index in [9.17, 15) is 13.6 Å². The molecule has 0 amide bonds. The second-order valence-corrected chi connectivity index (χ2v) is 4.43. The molecule has 4 heteroatoms. The molecule has 0 aromatic heterocycles. The maximum absolute atomic E-state index is 13.7. The molecule has 0 saturated heterocycles. The summed E-state index contributed by atoms with van der Waals surface area (Å²) < 4.78 is 32.5. The summed E-state index contributed by atoms with van der Waals surface area (Å²) in [6.07, 6.45) is 2.35. The predicted molar refractivity (Wildman–Crippen MR) is 72.3 cm³/mol. The van der Waals surface area contributed by atoms with Gasteiger partial charge in [-0.15, -0.1) is 0 Å². The Bertz CT molecular complexity index is 583. The first-order chi connectivity index (χ1) is 9.63. The van der Waals surface area contributed by atoms with Crippen LogP contribution in [0, 0.1) is 11.6 Å². The van der Waals surface area contributed by atoms with Crippen molar-refractivity contribution in [2.75, 3.05) is 0 Å². The van der Waals surface area contributed by atoms with E-state index in [1.165, 1.54) is 0 Å². The molecule has 0 atom stereocenters. The lowest BCUT2D eigenvalue weighted by Gasteiger charge is -2.09. The second kappa shape index (κ2) is 6.28. The van der Waals surface area contributed by atoms with E-state index in [2.05, 4.69) is 6.92 Å². The topological polar surface area (TPSA) is 26.3 Å². The van der Waals surface area contributed by atoms with Crippen molar-refractivity contribution in [1.29, 1.82) is 0 Å². The zero-order valence-electron chi connectivity index (χ0n) is 11.0. The molecular weight excluding hydrogens is 262 g/mol. The van der Waals surface area contributed by atoms with Crippen LogP contribution in [0.2, 0.25) is 0 Å². The summed E-state index contributed by atoms with van der Waals surface area (Å²) in [7, 11) is 0. The fourth-order valence-corrected chi connectivity index (χ4v) is 1.88. The van der Waals surface area contributed by atoms with Crippen LogP contribution in [-0.2, 0) is 6.42 Å². The van der Waals surface area contributed by atoms with Crippen molar-refractivity contribution < 1.29 is 18.3 Å². The third-order valence-electron chi connectivity index (χ3n) is 2.84. The number of carbonyl (C=O) groups is 1. The largest absolute Gasteiger partial charge is 0.451 e. The molecule has 0 spiro atoms. The van der Waals surface area contributed by atoms with Crippen LogP contribution in [0.5, 0.6) is 11.5 Å². The van der Waals surface area contributed by atoms with Gasteiger partial charge < -0.3 is 4.74 Å². The van der Waals surface area contributed by atoms with Crippen LogP contribution in [0.3, 0.4) is 0 Å². The van der Waals surface area contributed by atoms with E-state index in [1.807, 2.05) is 12.1 Å². The van der Waals surface area contributed by atoms with Gasteiger partial charge >= 0.3 is 0 Å². The summed E-state index contributed by atoms with van der Waals surface area (Å²) in [5.74, 6) is -1.95. The van der Waals surface area contributed by atoms with Crippen molar-refractivity contribution in [3.63, 3.8) is 0 Å². The smallest absolute Gasteiger partial charge is 0.198 e. The highest BCUT2D eigenvalue weighted by Crippen LogP contribution is 2.28. The third-order valence-corrected chi connectivity index (χ3v) is 2.84. The zero-order chi connectivity index (χ0) is 14.5. The molecule has 0 radical (unpaired) electrons. The van der Waals surface area contributed by atoms with Crippen LogP contribution in [-0.4, -0.2) is 6.29 Å². The number of carbonyl (C=O) groups excluding carboxylic acids is 1. The van der Waals surface area contributed by atoms with Gasteiger partial charge in [-0.05, 0) is 36.2 Å². The fourth-order valence-electron chi connectivity index (χ4n) is 1.88. The number of ether oxygens (including phenoxy) is 1. The molecule has 0 heterocycles. The summed E-state index contributed by atoms with van der Waals surface area (Å²) in [6.45, 7) is 2.07. The second-order valence-electron chi connectivity index (χ2n) is 4.43. The Morgan fingerprint density at radius 3 is 2.20 bits per heavy atom. The van der Waals surface area contributed by atoms with Crippen molar-refractivity contribution >= 4 is 6.29 Å². The summed E-state index contributed by atoms with van der Waals surface area (Å²) in [6, 6.07) is 8.92. The third kappa shape index (κ3) is 3.20. The van der Waals surface area contributed by atoms with Crippen LogP contribution in [0.15, 0.2) is 36.4 Å². The minimum atomic E-state index is -0.898. The molecule has 2 rings (SSSR count). The number of hydrogen-bond acceptors (Lipinski definition) is 2.